The van der Waals surface area contributed by atoms with Crippen molar-refractivity contribution in [2.75, 3.05) is 18.0 Å². The Hall–Kier alpha value is -2.70. The van der Waals surface area contributed by atoms with Gasteiger partial charge < -0.3 is 4.90 Å². The maximum absolute atomic E-state index is 11.8. The number of nitrogens with one attached hydrogen (secondary N) is 2. The van der Waals surface area contributed by atoms with Crippen LogP contribution in [0.1, 0.15) is 39.2 Å². The van der Waals surface area contributed by atoms with E-state index in [0.717, 1.165) is 30.1 Å². The van der Waals surface area contributed by atoms with Crippen LogP contribution < -0.4 is 15.8 Å². The number of carbonyl (C=O) groups excluding carboxylic acids is 2. The average molecular weight is 343 g/mol. The largest absolute Gasteiger partial charge is 0.372 e. The molecular weight excluding hydrogens is 318 g/mol. The average Bonchev–Trinajstić information content (AvgIpc) is 2.93. The predicted octanol–water partition coefficient (Wildman–Crippen LogP) is 1.88. The second-order valence-electron chi connectivity index (χ2n) is 5.88. The predicted molar refractivity (Wildman–Crippen MR) is 99.7 cm³/mol. The van der Waals surface area contributed by atoms with Crippen LogP contribution in [0.15, 0.2) is 34.5 Å². The van der Waals surface area contributed by atoms with Crippen LogP contribution in [-0.2, 0) is 9.59 Å². The highest BCUT2D eigenvalue weighted by Gasteiger charge is 2.26. The number of hydrazone groups is 2. The SMILES string of the molecule is CCN(CC)c1ccc(/C=N/NC(=O)CCC2C(=O)NN=C2C)cc1. The third-order valence-electron chi connectivity index (χ3n) is 4.25. The van der Waals surface area contributed by atoms with Crippen molar-refractivity contribution in [1.29, 1.82) is 0 Å². The lowest BCUT2D eigenvalue weighted by Crippen LogP contribution is -2.25. The number of carbonyl (C=O) groups is 2. The minimum Gasteiger partial charge on any atom is -0.372 e. The fourth-order valence-electron chi connectivity index (χ4n) is 2.70. The van der Waals surface area contributed by atoms with Gasteiger partial charge in [-0.3, -0.25) is 9.59 Å². The zero-order chi connectivity index (χ0) is 18.2. The van der Waals surface area contributed by atoms with Crippen LogP contribution in [-0.4, -0.2) is 36.8 Å². The van der Waals surface area contributed by atoms with Gasteiger partial charge >= 0.3 is 0 Å². The Kier molecular flexibility index (Phi) is 6.68. The van der Waals surface area contributed by atoms with Crippen LogP contribution in [0, 0.1) is 5.92 Å². The minimum atomic E-state index is -0.317. The Morgan fingerprint density at radius 1 is 1.32 bits per heavy atom. The lowest BCUT2D eigenvalue weighted by Gasteiger charge is -2.20. The van der Waals surface area contributed by atoms with Gasteiger partial charge in [0.1, 0.15) is 0 Å². The second-order valence-corrected chi connectivity index (χ2v) is 5.88. The molecule has 0 saturated carbocycles. The molecule has 134 valence electrons. The van der Waals surface area contributed by atoms with Crippen molar-refractivity contribution in [2.45, 2.75) is 33.6 Å². The zero-order valence-corrected chi connectivity index (χ0v) is 15.0. The third kappa shape index (κ3) is 5.14. The summed E-state index contributed by atoms with van der Waals surface area (Å²) in [6.45, 7) is 7.95. The number of nitrogens with zero attached hydrogens (tertiary/aromatic N) is 3. The maximum Gasteiger partial charge on any atom is 0.248 e. The standard InChI is InChI=1S/C18H25N5O2/c1-4-23(5-2)15-8-6-14(7-9-15)12-19-21-17(24)11-10-16-13(3)20-22-18(16)25/h6-9,12,16H,4-5,10-11H2,1-3H3,(H,21,24)(H,22,25)/b19-12+. The fraction of sp³-hybridized carbons (Fsp3) is 0.444. The molecule has 25 heavy (non-hydrogen) atoms. The summed E-state index contributed by atoms with van der Waals surface area (Å²) in [7, 11) is 0. The number of hydrogen-bond donors (Lipinski definition) is 2. The molecule has 1 unspecified atom stereocenters. The number of anilines is 1. The van der Waals surface area contributed by atoms with Crippen LogP contribution in [0.2, 0.25) is 0 Å². The molecule has 0 radical (unpaired) electrons. The first-order chi connectivity index (χ1) is 12.0. The van der Waals surface area contributed by atoms with Crippen LogP contribution in [0.4, 0.5) is 5.69 Å². The van der Waals surface area contributed by atoms with Gasteiger partial charge in [-0.1, -0.05) is 12.1 Å². The molecule has 1 aromatic rings. The Labute approximate surface area is 148 Å². The smallest absolute Gasteiger partial charge is 0.248 e. The monoisotopic (exact) mass is 343 g/mol. The van der Waals surface area contributed by atoms with Crippen LogP contribution >= 0.6 is 0 Å². The van der Waals surface area contributed by atoms with E-state index in [1.807, 2.05) is 24.3 Å². The van der Waals surface area contributed by atoms with Gasteiger partial charge in [-0.2, -0.15) is 10.2 Å². The molecule has 2 amide bonds. The van der Waals surface area contributed by atoms with Crippen molar-refractivity contribution < 1.29 is 9.59 Å². The first-order valence-electron chi connectivity index (χ1n) is 8.56. The molecule has 2 N–H and O–H groups in total. The number of benzene rings is 1. The lowest BCUT2D eigenvalue weighted by molar-refractivity contribution is -0.123. The van der Waals surface area contributed by atoms with Gasteiger partial charge in [0, 0.05) is 30.9 Å². The molecular formula is C18H25N5O2. The van der Waals surface area contributed by atoms with E-state index < -0.39 is 0 Å². The minimum absolute atomic E-state index is 0.151. The molecule has 0 spiro atoms. The molecule has 1 aliphatic heterocycles. The number of hydrogen-bond acceptors (Lipinski definition) is 5. The van der Waals surface area contributed by atoms with Gasteiger partial charge in [0.05, 0.1) is 12.1 Å². The van der Waals surface area contributed by atoms with Crippen molar-refractivity contribution in [1.82, 2.24) is 10.9 Å². The molecule has 1 atom stereocenters. The number of rotatable bonds is 8. The van der Waals surface area contributed by atoms with Crippen molar-refractivity contribution in [3.05, 3.63) is 29.8 Å². The summed E-state index contributed by atoms with van der Waals surface area (Å²) in [6.07, 6.45) is 2.27. The summed E-state index contributed by atoms with van der Waals surface area (Å²) in [5.41, 5.74) is 7.70. The normalized spacial score (nSPS) is 16.7. The topological polar surface area (TPSA) is 86.2 Å². The van der Waals surface area contributed by atoms with E-state index in [2.05, 4.69) is 39.8 Å². The van der Waals surface area contributed by atoms with E-state index in [9.17, 15) is 9.59 Å². The molecule has 0 aromatic heterocycles. The van der Waals surface area contributed by atoms with Crippen molar-refractivity contribution in [3.8, 4) is 0 Å². The van der Waals surface area contributed by atoms with E-state index in [0.29, 0.717) is 6.42 Å². The van der Waals surface area contributed by atoms with Gasteiger partial charge in [0.15, 0.2) is 0 Å². The Morgan fingerprint density at radius 2 is 2.00 bits per heavy atom. The maximum atomic E-state index is 11.8. The first-order valence-corrected chi connectivity index (χ1v) is 8.56. The summed E-state index contributed by atoms with van der Waals surface area (Å²) in [5, 5.41) is 7.83. The second kappa shape index (κ2) is 8.96. The van der Waals surface area contributed by atoms with Gasteiger partial charge in [0.2, 0.25) is 11.8 Å². The third-order valence-corrected chi connectivity index (χ3v) is 4.25. The van der Waals surface area contributed by atoms with Crippen molar-refractivity contribution >= 4 is 29.4 Å². The molecule has 7 heteroatoms. The van der Waals surface area contributed by atoms with Crippen molar-refractivity contribution in [3.63, 3.8) is 0 Å². The summed E-state index contributed by atoms with van der Waals surface area (Å²) >= 11 is 0. The van der Waals surface area contributed by atoms with Gasteiger partial charge in [-0.15, -0.1) is 0 Å². The highest BCUT2D eigenvalue weighted by Crippen LogP contribution is 2.14. The van der Waals surface area contributed by atoms with Gasteiger partial charge in [-0.05, 0) is 44.9 Å². The molecule has 2 rings (SSSR count). The Bertz CT molecular complexity index is 663. The fourth-order valence-corrected chi connectivity index (χ4v) is 2.70. The molecule has 1 heterocycles. The van der Waals surface area contributed by atoms with E-state index >= 15 is 0 Å². The van der Waals surface area contributed by atoms with Gasteiger partial charge in [-0.25, -0.2) is 10.9 Å². The van der Waals surface area contributed by atoms with E-state index in [1.54, 1.807) is 13.1 Å². The van der Waals surface area contributed by atoms with Crippen molar-refractivity contribution in [2.24, 2.45) is 16.1 Å². The molecule has 1 aliphatic rings. The summed E-state index contributed by atoms with van der Waals surface area (Å²) in [4.78, 5) is 25.6. The summed E-state index contributed by atoms with van der Waals surface area (Å²) in [5.74, 6) is -0.687. The van der Waals surface area contributed by atoms with Crippen LogP contribution in [0.25, 0.3) is 0 Å². The number of amides is 2. The molecule has 1 aromatic carbocycles. The lowest BCUT2D eigenvalue weighted by atomic mass is 9.99. The highest BCUT2D eigenvalue weighted by atomic mass is 16.2. The van der Waals surface area contributed by atoms with E-state index in [-0.39, 0.29) is 24.2 Å². The molecule has 0 fully saturated rings. The van der Waals surface area contributed by atoms with E-state index in [1.165, 1.54) is 0 Å². The summed E-state index contributed by atoms with van der Waals surface area (Å²) < 4.78 is 0. The Morgan fingerprint density at radius 3 is 2.56 bits per heavy atom. The highest BCUT2D eigenvalue weighted by molar-refractivity contribution is 6.07. The quantitative estimate of drug-likeness (QED) is 0.558. The molecule has 0 aliphatic carbocycles. The van der Waals surface area contributed by atoms with Crippen LogP contribution in [0.5, 0.6) is 0 Å². The Balaban J connectivity index is 1.79. The molecule has 7 nitrogen and oxygen atoms in total. The van der Waals surface area contributed by atoms with Crippen LogP contribution in [0.3, 0.4) is 0 Å². The van der Waals surface area contributed by atoms with E-state index in [4.69, 9.17) is 0 Å². The zero-order valence-electron chi connectivity index (χ0n) is 15.0. The van der Waals surface area contributed by atoms with Gasteiger partial charge in [0.25, 0.3) is 0 Å². The first kappa shape index (κ1) is 18.6. The summed E-state index contributed by atoms with van der Waals surface area (Å²) in [6, 6.07) is 8.01. The molecule has 0 saturated heterocycles. The molecule has 0 bridgehead atoms.